The number of halogens is 1. The van der Waals surface area contributed by atoms with Crippen LogP contribution in [-0.2, 0) is 4.79 Å². The van der Waals surface area contributed by atoms with Gasteiger partial charge in [0, 0.05) is 29.8 Å². The summed E-state index contributed by atoms with van der Waals surface area (Å²) in [5, 5.41) is 1.36. The van der Waals surface area contributed by atoms with Gasteiger partial charge in [-0.05, 0) is 86.3 Å². The number of carbonyl (C=O) groups is 1. The van der Waals surface area contributed by atoms with Gasteiger partial charge in [-0.25, -0.2) is 4.99 Å². The second-order valence-electron chi connectivity index (χ2n) is 8.80. The first-order valence-electron chi connectivity index (χ1n) is 10.6. The Morgan fingerprint density at radius 3 is 2.65 bits per heavy atom. The van der Waals surface area contributed by atoms with Crippen molar-refractivity contribution in [2.24, 2.45) is 4.99 Å². The maximum atomic E-state index is 13.0. The highest BCUT2D eigenvalue weighted by atomic mass is 35.5. The van der Waals surface area contributed by atoms with Crippen LogP contribution in [0.25, 0.3) is 6.08 Å². The van der Waals surface area contributed by atoms with Gasteiger partial charge in [-0.1, -0.05) is 36.7 Å². The molecule has 6 heteroatoms. The molecule has 0 aromatic heterocycles. The van der Waals surface area contributed by atoms with Gasteiger partial charge in [-0.3, -0.25) is 9.69 Å². The van der Waals surface area contributed by atoms with Crippen molar-refractivity contribution >= 4 is 51.9 Å². The number of rotatable bonds is 3. The molecule has 0 aliphatic carbocycles. The lowest BCUT2D eigenvalue weighted by Gasteiger charge is -2.45. The third-order valence-corrected chi connectivity index (χ3v) is 7.56. The third kappa shape index (κ3) is 4.13. The number of hydrogen-bond donors (Lipinski definition) is 0. The molecule has 1 saturated heterocycles. The van der Waals surface area contributed by atoms with Gasteiger partial charge in [0.1, 0.15) is 0 Å². The predicted octanol–water partition coefficient (Wildman–Crippen LogP) is 6.69. The lowest BCUT2D eigenvalue weighted by atomic mass is 9.80. The van der Waals surface area contributed by atoms with E-state index in [0.29, 0.717) is 27.6 Å². The summed E-state index contributed by atoms with van der Waals surface area (Å²) in [6, 6.07) is 13.9. The Kier molecular flexibility index (Phi) is 5.93. The maximum Gasteiger partial charge on any atom is 0.266 e. The van der Waals surface area contributed by atoms with Gasteiger partial charge in [0.05, 0.1) is 10.6 Å². The molecule has 2 aliphatic heterocycles. The first-order chi connectivity index (χ1) is 14.7. The van der Waals surface area contributed by atoms with Gasteiger partial charge >= 0.3 is 0 Å². The van der Waals surface area contributed by atoms with Gasteiger partial charge in [0.15, 0.2) is 5.17 Å². The van der Waals surface area contributed by atoms with Crippen molar-refractivity contribution in [2.75, 3.05) is 18.5 Å². The highest BCUT2D eigenvalue weighted by molar-refractivity contribution is 8.18. The van der Waals surface area contributed by atoms with Crippen molar-refractivity contribution in [3.05, 3.63) is 63.5 Å². The molecule has 0 N–H and O–H groups in total. The molecule has 2 aromatic rings. The molecule has 162 valence electrons. The Hall–Kier alpha value is -2.24. The van der Waals surface area contributed by atoms with E-state index in [4.69, 9.17) is 11.6 Å². The number of amidine groups is 1. The molecule has 0 bridgehead atoms. The average molecular weight is 454 g/mol. The van der Waals surface area contributed by atoms with E-state index in [2.05, 4.69) is 43.8 Å². The Balaban J connectivity index is 1.71. The minimum Gasteiger partial charge on any atom is -0.369 e. The van der Waals surface area contributed by atoms with Crippen LogP contribution in [0, 0.1) is 0 Å². The number of hydrogen-bond acceptors (Lipinski definition) is 4. The highest BCUT2D eigenvalue weighted by Crippen LogP contribution is 2.45. The molecule has 1 fully saturated rings. The van der Waals surface area contributed by atoms with E-state index in [1.54, 1.807) is 4.90 Å². The molecule has 4 rings (SSSR count). The largest absolute Gasteiger partial charge is 0.369 e. The summed E-state index contributed by atoms with van der Waals surface area (Å²) in [5.74, 6) is 0.396. The first kappa shape index (κ1) is 22.0. The van der Waals surface area contributed by atoms with Crippen molar-refractivity contribution in [1.82, 2.24) is 4.90 Å². The van der Waals surface area contributed by atoms with Crippen LogP contribution in [0.1, 0.15) is 51.2 Å². The van der Waals surface area contributed by atoms with Crippen LogP contribution < -0.4 is 4.90 Å². The molecular weight excluding hydrogens is 426 g/mol. The van der Waals surface area contributed by atoms with Gasteiger partial charge in [-0.15, -0.1) is 0 Å². The number of anilines is 1. The lowest BCUT2D eigenvalue weighted by Crippen LogP contribution is -2.45. The number of carbonyl (C=O) groups excluding carboxylic acids is 1. The molecule has 1 unspecified atom stereocenters. The van der Waals surface area contributed by atoms with E-state index in [-0.39, 0.29) is 11.4 Å². The summed E-state index contributed by atoms with van der Waals surface area (Å²) in [7, 11) is 2.13. The van der Waals surface area contributed by atoms with Gasteiger partial charge in [0.2, 0.25) is 0 Å². The second kappa shape index (κ2) is 8.36. The molecule has 1 atom stereocenters. The minimum absolute atomic E-state index is 0.0257. The molecule has 2 aliphatic rings. The summed E-state index contributed by atoms with van der Waals surface area (Å²) < 4.78 is 0. The molecule has 31 heavy (non-hydrogen) atoms. The summed E-state index contributed by atoms with van der Waals surface area (Å²) in [5.41, 5.74) is 4.25. The maximum absolute atomic E-state index is 13.0. The summed E-state index contributed by atoms with van der Waals surface area (Å²) >= 11 is 8.10. The molecule has 0 radical (unpaired) electrons. The summed E-state index contributed by atoms with van der Waals surface area (Å²) in [6.45, 7) is 9.32. The Bertz CT molecular complexity index is 1080. The van der Waals surface area contributed by atoms with Crippen LogP contribution in [-0.4, -0.2) is 35.1 Å². The SMILES string of the molecule is CCN1C(=O)/C(=C/c2cc3c(cc2Cl)N(C)C(C)(C)CC3C)SC1=Nc1ccccc1. The zero-order valence-corrected chi connectivity index (χ0v) is 20.2. The van der Waals surface area contributed by atoms with Crippen LogP contribution >= 0.6 is 23.4 Å². The smallest absolute Gasteiger partial charge is 0.266 e. The van der Waals surface area contributed by atoms with Crippen molar-refractivity contribution in [3.8, 4) is 0 Å². The summed E-state index contributed by atoms with van der Waals surface area (Å²) in [6.07, 6.45) is 2.98. The standard InChI is InChI=1S/C25H28ClN3OS/c1-6-29-23(30)22(31-24(29)27-18-10-8-7-9-11-18)13-17-12-19-16(2)15-25(3,4)28(5)21(19)14-20(17)26/h7-14,16H,6,15H2,1-5H3/b22-13-,27-24?. The quantitative estimate of drug-likeness (QED) is 0.486. The number of para-hydroxylation sites is 1. The van der Waals surface area contributed by atoms with Crippen molar-refractivity contribution in [3.63, 3.8) is 0 Å². The fourth-order valence-corrected chi connectivity index (χ4v) is 5.61. The van der Waals surface area contributed by atoms with Gasteiger partial charge in [-0.2, -0.15) is 0 Å². The Morgan fingerprint density at radius 1 is 1.26 bits per heavy atom. The number of aliphatic imine (C=N–C) groups is 1. The molecular formula is C25H28ClN3OS. The zero-order valence-electron chi connectivity index (χ0n) is 18.6. The van der Waals surface area contributed by atoms with Crippen molar-refractivity contribution in [1.29, 1.82) is 0 Å². The molecule has 2 heterocycles. The van der Waals surface area contributed by atoms with Crippen molar-refractivity contribution < 1.29 is 4.79 Å². The Labute approximate surface area is 194 Å². The van der Waals surface area contributed by atoms with E-state index >= 15 is 0 Å². The van der Waals surface area contributed by atoms with Crippen molar-refractivity contribution in [2.45, 2.75) is 45.6 Å². The lowest BCUT2D eigenvalue weighted by molar-refractivity contribution is -0.122. The number of fused-ring (bicyclic) bond motifs is 1. The van der Waals surface area contributed by atoms with E-state index in [9.17, 15) is 4.79 Å². The number of thioether (sulfide) groups is 1. The monoisotopic (exact) mass is 453 g/mol. The first-order valence-corrected chi connectivity index (χ1v) is 11.8. The van der Waals surface area contributed by atoms with Gasteiger partial charge in [0.25, 0.3) is 5.91 Å². The molecule has 2 aromatic carbocycles. The normalized spacial score (nSPS) is 23.0. The molecule has 0 saturated carbocycles. The Morgan fingerprint density at radius 2 is 1.97 bits per heavy atom. The number of likely N-dealkylation sites (N-methyl/N-ethyl adjacent to an activating group) is 1. The van der Waals surface area contributed by atoms with Crippen LogP contribution in [0.15, 0.2) is 52.4 Å². The molecule has 1 amide bonds. The minimum atomic E-state index is -0.0257. The van der Waals surface area contributed by atoms with Crippen LogP contribution in [0.3, 0.4) is 0 Å². The number of amides is 1. The second-order valence-corrected chi connectivity index (χ2v) is 10.2. The van der Waals surface area contributed by atoms with Crippen LogP contribution in [0.2, 0.25) is 5.02 Å². The summed E-state index contributed by atoms with van der Waals surface area (Å²) in [4.78, 5) is 22.4. The van der Waals surface area contributed by atoms with Crippen LogP contribution in [0.5, 0.6) is 0 Å². The number of nitrogens with zero attached hydrogens (tertiary/aromatic N) is 3. The topological polar surface area (TPSA) is 35.9 Å². The average Bonchev–Trinajstić information content (AvgIpc) is 3.02. The van der Waals surface area contributed by atoms with E-state index in [0.717, 1.165) is 17.7 Å². The zero-order chi connectivity index (χ0) is 22.3. The fraction of sp³-hybridized carbons (Fsp3) is 0.360. The van der Waals surface area contributed by atoms with Gasteiger partial charge < -0.3 is 4.90 Å². The van der Waals surface area contributed by atoms with E-state index < -0.39 is 0 Å². The predicted molar refractivity (Wildman–Crippen MR) is 133 cm³/mol. The number of benzene rings is 2. The highest BCUT2D eigenvalue weighted by Gasteiger charge is 2.35. The van der Waals surface area contributed by atoms with E-state index in [1.165, 1.54) is 23.0 Å². The third-order valence-electron chi connectivity index (χ3n) is 6.22. The molecule has 0 spiro atoms. The van der Waals surface area contributed by atoms with Crippen LogP contribution in [0.4, 0.5) is 11.4 Å². The fourth-order valence-electron chi connectivity index (χ4n) is 4.34. The molecule has 4 nitrogen and oxygen atoms in total. The van der Waals surface area contributed by atoms with E-state index in [1.807, 2.05) is 49.4 Å².